The van der Waals surface area contributed by atoms with Gasteiger partial charge in [-0.25, -0.2) is 4.98 Å². The highest BCUT2D eigenvalue weighted by Crippen LogP contribution is 2.44. The van der Waals surface area contributed by atoms with E-state index in [1.165, 1.54) is 0 Å². The molecule has 44 heavy (non-hydrogen) atoms. The van der Waals surface area contributed by atoms with Gasteiger partial charge in [-0.2, -0.15) is 43.9 Å². The Labute approximate surface area is 240 Å². The molecule has 4 rings (SSSR count). The van der Waals surface area contributed by atoms with Crippen LogP contribution in [0.25, 0.3) is 11.6 Å². The molecule has 1 atom stereocenters. The number of aliphatic hydroxyl groups is 1. The van der Waals surface area contributed by atoms with Gasteiger partial charge in [-0.1, -0.05) is 18.6 Å². The minimum atomic E-state index is -5.30. The number of fused-ring (bicyclic) bond motifs is 5. The van der Waals surface area contributed by atoms with Crippen molar-refractivity contribution in [3.8, 4) is 17.3 Å². The number of nitrogens with zero attached hydrogens (tertiary/aromatic N) is 4. The van der Waals surface area contributed by atoms with Gasteiger partial charge in [-0.15, -0.1) is 10.2 Å². The lowest BCUT2D eigenvalue weighted by Crippen LogP contribution is -2.42. The van der Waals surface area contributed by atoms with Crippen molar-refractivity contribution in [2.45, 2.75) is 62.7 Å². The number of hydrogen-bond acceptors (Lipinski definition) is 8. The molecule has 0 aliphatic carbocycles. The van der Waals surface area contributed by atoms with E-state index < -0.39 is 89.5 Å². The first kappa shape index (κ1) is 32.7. The maximum absolute atomic E-state index is 14.0. The van der Waals surface area contributed by atoms with Crippen LogP contribution < -0.4 is 10.5 Å². The lowest BCUT2D eigenvalue weighted by Gasteiger charge is -2.28. The second-order valence-electron chi connectivity index (χ2n) is 9.74. The number of aromatic nitrogens is 3. The molecule has 4 bridgehead atoms. The van der Waals surface area contributed by atoms with Crippen molar-refractivity contribution in [2.24, 2.45) is 0 Å². The second-order valence-corrected chi connectivity index (χ2v) is 9.74. The number of pyridine rings is 1. The molecule has 0 radical (unpaired) electrons. The molecule has 0 saturated heterocycles. The van der Waals surface area contributed by atoms with Gasteiger partial charge in [0.05, 0.1) is 11.3 Å². The zero-order valence-electron chi connectivity index (χ0n) is 22.0. The summed E-state index contributed by atoms with van der Waals surface area (Å²) in [5.41, 5.74) is -2.16. The Morgan fingerprint density at radius 2 is 1.66 bits per heavy atom. The van der Waals surface area contributed by atoms with Crippen molar-refractivity contribution in [3.05, 3.63) is 53.0 Å². The van der Waals surface area contributed by atoms with Crippen LogP contribution in [-0.4, -0.2) is 56.4 Å². The Hall–Kier alpha value is -4.16. The summed E-state index contributed by atoms with van der Waals surface area (Å²) in [6, 6.07) is 4.23. The average Bonchev–Trinajstić information content (AvgIpc) is 3.41. The van der Waals surface area contributed by atoms with E-state index in [1.807, 2.05) is 0 Å². The van der Waals surface area contributed by atoms with E-state index in [0.717, 1.165) is 29.2 Å². The lowest BCUT2D eigenvalue weighted by atomic mass is 9.95. The Balaban J connectivity index is 1.76. The molecule has 2 aromatic heterocycles. The number of alkyl halides is 10. The molecule has 1 aliphatic rings. The largest absolute Gasteiger partial charge is 0.461 e. The van der Waals surface area contributed by atoms with Crippen molar-refractivity contribution < 1.29 is 63.0 Å². The van der Waals surface area contributed by atoms with Crippen molar-refractivity contribution in [2.75, 3.05) is 12.3 Å². The van der Waals surface area contributed by atoms with E-state index in [0.29, 0.717) is 6.07 Å². The molecule has 0 fully saturated rings. The SMILES string of the molecule is Nc1cc(C(F)(F)F)c2nc1-c1nnc(o1)[C@@](O)(C(F)(F)F)CCCCCN(Cc1ccc(OC(F)(F)C(F)F)cc1)C2=O. The normalized spacial score (nSPS) is 18.8. The predicted octanol–water partition coefficient (Wildman–Crippen LogP) is 5.94. The fraction of sp³-hybridized carbons (Fsp3) is 0.440. The monoisotopic (exact) mass is 645 g/mol. The van der Waals surface area contributed by atoms with Crippen molar-refractivity contribution in [3.63, 3.8) is 0 Å². The highest BCUT2D eigenvalue weighted by molar-refractivity contribution is 5.95. The van der Waals surface area contributed by atoms with Gasteiger partial charge in [-0.05, 0) is 43.0 Å². The summed E-state index contributed by atoms with van der Waals surface area (Å²) in [7, 11) is 0. The summed E-state index contributed by atoms with van der Waals surface area (Å²) in [5.74, 6) is -4.17. The minimum absolute atomic E-state index is 0.0643. The number of halogens is 10. The third-order valence-electron chi connectivity index (χ3n) is 6.57. The molecular formula is C25H21F10N5O4. The van der Waals surface area contributed by atoms with Gasteiger partial charge in [0.25, 0.3) is 17.7 Å². The number of nitrogens with two attached hydrogens (primary N) is 1. The zero-order valence-corrected chi connectivity index (χ0v) is 22.0. The summed E-state index contributed by atoms with van der Waals surface area (Å²) in [4.78, 5) is 18.1. The lowest BCUT2D eigenvalue weighted by molar-refractivity contribution is -0.277. The van der Waals surface area contributed by atoms with Crippen LogP contribution in [0.1, 0.15) is 53.2 Å². The van der Waals surface area contributed by atoms with Crippen LogP contribution in [0.15, 0.2) is 34.7 Å². The fourth-order valence-electron chi connectivity index (χ4n) is 4.28. The van der Waals surface area contributed by atoms with Crippen LogP contribution in [0.4, 0.5) is 49.6 Å². The van der Waals surface area contributed by atoms with Crippen LogP contribution in [0.3, 0.4) is 0 Å². The molecule has 9 nitrogen and oxygen atoms in total. The maximum atomic E-state index is 14.0. The molecule has 3 N–H and O–H groups in total. The number of carbonyl (C=O) groups excluding carboxylic acids is 1. The summed E-state index contributed by atoms with van der Waals surface area (Å²) >= 11 is 0. The van der Waals surface area contributed by atoms with E-state index in [2.05, 4.69) is 19.9 Å². The molecule has 0 spiro atoms. The van der Waals surface area contributed by atoms with Crippen LogP contribution in [0, 0.1) is 0 Å². The van der Waals surface area contributed by atoms with E-state index in [9.17, 15) is 53.8 Å². The van der Waals surface area contributed by atoms with Gasteiger partial charge < -0.3 is 24.9 Å². The van der Waals surface area contributed by atoms with Crippen LogP contribution in [0.2, 0.25) is 0 Å². The number of carbonyl (C=O) groups is 1. The Kier molecular flexibility index (Phi) is 8.73. The van der Waals surface area contributed by atoms with E-state index in [1.54, 1.807) is 0 Å². The van der Waals surface area contributed by atoms with Gasteiger partial charge in [0.1, 0.15) is 11.4 Å². The fourth-order valence-corrected chi connectivity index (χ4v) is 4.28. The van der Waals surface area contributed by atoms with Gasteiger partial charge in [-0.3, -0.25) is 4.79 Å². The molecule has 240 valence electrons. The zero-order chi connectivity index (χ0) is 32.7. The smallest absolute Gasteiger partial charge is 0.428 e. The molecule has 19 heteroatoms. The molecule has 1 aliphatic heterocycles. The third kappa shape index (κ3) is 6.66. The number of anilines is 1. The summed E-state index contributed by atoms with van der Waals surface area (Å²) in [6.07, 6.45) is -20.8. The number of nitrogen functional groups attached to an aromatic ring is 1. The van der Waals surface area contributed by atoms with Crippen LogP contribution in [0.5, 0.6) is 5.75 Å². The van der Waals surface area contributed by atoms with Gasteiger partial charge in [0.15, 0.2) is 5.69 Å². The first-order valence-electron chi connectivity index (χ1n) is 12.6. The molecule has 1 amide bonds. The van der Waals surface area contributed by atoms with Crippen LogP contribution in [-0.2, 0) is 18.3 Å². The summed E-state index contributed by atoms with van der Waals surface area (Å²) < 4.78 is 144. The first-order chi connectivity index (χ1) is 20.3. The predicted molar refractivity (Wildman–Crippen MR) is 128 cm³/mol. The third-order valence-corrected chi connectivity index (χ3v) is 6.57. The first-order valence-corrected chi connectivity index (χ1v) is 12.6. The maximum Gasteiger partial charge on any atom is 0.461 e. The molecular weight excluding hydrogens is 624 g/mol. The van der Waals surface area contributed by atoms with Gasteiger partial charge in [0, 0.05) is 13.1 Å². The number of ether oxygens (including phenoxy) is 1. The minimum Gasteiger partial charge on any atom is -0.428 e. The standard InChI is InChI=1S/C25H21F10N5O4/c26-20(27)24(31,32)44-13-6-4-12(5-7-13)11-40-9-3-1-2-8-22(42,25(33,34)35)21-39-38-18(43-21)17-15(36)10-14(23(28,29)30)16(37-17)19(40)41/h4-7,10,20,42H,1-3,8-9,11,36H2/t22-/m1/s1. The Bertz CT molecular complexity index is 1490. The summed E-state index contributed by atoms with van der Waals surface area (Å²) in [5, 5.41) is 17.1. The van der Waals surface area contributed by atoms with Gasteiger partial charge in [0.2, 0.25) is 5.60 Å². The summed E-state index contributed by atoms with van der Waals surface area (Å²) in [6.45, 7) is -0.803. The number of hydrogen-bond donors (Lipinski definition) is 2. The topological polar surface area (TPSA) is 128 Å². The van der Waals surface area contributed by atoms with Crippen LogP contribution >= 0.6 is 0 Å². The highest BCUT2D eigenvalue weighted by atomic mass is 19.4. The van der Waals surface area contributed by atoms with Crippen molar-refractivity contribution >= 4 is 11.6 Å². The van der Waals surface area contributed by atoms with E-state index in [-0.39, 0.29) is 31.4 Å². The number of amides is 1. The Morgan fingerprint density at radius 3 is 2.25 bits per heavy atom. The Morgan fingerprint density at radius 1 is 1.00 bits per heavy atom. The molecule has 0 unspecified atom stereocenters. The van der Waals surface area contributed by atoms with Crippen molar-refractivity contribution in [1.82, 2.24) is 20.1 Å². The number of rotatable bonds is 5. The number of benzene rings is 1. The quantitative estimate of drug-likeness (QED) is 0.327. The molecule has 1 aromatic carbocycles. The molecule has 3 heterocycles. The van der Waals surface area contributed by atoms with E-state index >= 15 is 0 Å². The second kappa shape index (κ2) is 11.7. The molecule has 0 saturated carbocycles. The van der Waals surface area contributed by atoms with Gasteiger partial charge >= 0.3 is 24.9 Å². The average molecular weight is 645 g/mol. The highest BCUT2D eigenvalue weighted by Gasteiger charge is 2.58. The molecule has 3 aromatic rings. The van der Waals surface area contributed by atoms with Crippen molar-refractivity contribution in [1.29, 1.82) is 0 Å². The van der Waals surface area contributed by atoms with E-state index in [4.69, 9.17) is 10.2 Å².